The molecule has 0 radical (unpaired) electrons. The highest BCUT2D eigenvalue weighted by Gasteiger charge is 2.10. The van der Waals surface area contributed by atoms with Crippen molar-refractivity contribution in [1.29, 1.82) is 0 Å². The number of rotatable bonds is 2. The van der Waals surface area contributed by atoms with Crippen molar-refractivity contribution in [3.05, 3.63) is 48.4 Å². The molecule has 0 spiro atoms. The van der Waals surface area contributed by atoms with E-state index >= 15 is 0 Å². The molecule has 0 fully saturated rings. The van der Waals surface area contributed by atoms with E-state index in [0.717, 1.165) is 8.95 Å². The van der Waals surface area contributed by atoms with Crippen molar-refractivity contribution in [2.24, 2.45) is 0 Å². The molecule has 0 aliphatic carbocycles. The molecular weight excluding hydrogens is 426 g/mol. The Hall–Kier alpha value is -0.0000000000000000555. The van der Waals surface area contributed by atoms with Crippen LogP contribution in [0.5, 0.6) is 0 Å². The van der Waals surface area contributed by atoms with Gasteiger partial charge in [-0.05, 0) is 50.1 Å². The minimum atomic E-state index is 0.426. The van der Waals surface area contributed by atoms with Crippen LogP contribution in [0.3, 0.4) is 0 Å². The molecule has 0 saturated heterocycles. The summed E-state index contributed by atoms with van der Waals surface area (Å²) in [6, 6.07) is 5.35. The molecule has 0 aliphatic heterocycles. The number of halogens is 5. The maximum absolute atomic E-state index is 6.14. The van der Waals surface area contributed by atoms with Crippen LogP contribution in [0.1, 0.15) is 0 Å². The Morgan fingerprint density at radius 2 is 1.72 bits per heavy atom. The summed E-state index contributed by atoms with van der Waals surface area (Å²) in [6.45, 7) is 0. The van der Waals surface area contributed by atoms with Gasteiger partial charge in [0.2, 0.25) is 0 Å². The Morgan fingerprint density at radius 3 is 2.39 bits per heavy atom. The van der Waals surface area contributed by atoms with Crippen molar-refractivity contribution in [2.75, 3.05) is 5.32 Å². The monoisotopic (exact) mass is 428 g/mol. The van der Waals surface area contributed by atoms with E-state index in [2.05, 4.69) is 42.2 Å². The van der Waals surface area contributed by atoms with Crippen molar-refractivity contribution >= 4 is 78.2 Å². The summed E-state index contributed by atoms with van der Waals surface area (Å²) in [4.78, 5) is 4.16. The number of hydrogen-bond donors (Lipinski definition) is 1. The van der Waals surface area contributed by atoms with Gasteiger partial charge < -0.3 is 5.32 Å². The van der Waals surface area contributed by atoms with Crippen LogP contribution in [0, 0.1) is 0 Å². The number of pyridine rings is 1. The summed E-state index contributed by atoms with van der Waals surface area (Å²) >= 11 is 24.7. The largest absolute Gasteiger partial charge is 0.338 e. The van der Waals surface area contributed by atoms with E-state index in [0.29, 0.717) is 26.6 Å². The maximum Gasteiger partial charge on any atom is 0.144 e. The van der Waals surface area contributed by atoms with Crippen LogP contribution in [-0.4, -0.2) is 4.98 Å². The van der Waals surface area contributed by atoms with E-state index < -0.39 is 0 Å². The molecule has 0 saturated carbocycles. The van der Waals surface area contributed by atoms with Crippen LogP contribution in [0.15, 0.2) is 33.3 Å². The predicted octanol–water partition coefficient (Wildman–Crippen LogP) is 6.31. The molecule has 2 rings (SSSR count). The van der Waals surface area contributed by atoms with Crippen LogP contribution in [-0.2, 0) is 0 Å². The first-order valence-electron chi connectivity index (χ1n) is 4.70. The van der Waals surface area contributed by atoms with Crippen LogP contribution >= 0.6 is 66.7 Å². The van der Waals surface area contributed by atoms with Crippen LogP contribution in [0.4, 0.5) is 11.5 Å². The normalized spacial score (nSPS) is 10.5. The molecule has 0 atom stereocenters. The summed E-state index contributed by atoms with van der Waals surface area (Å²) in [5, 5.41) is 4.51. The Balaban J connectivity index is 2.37. The fraction of sp³-hybridized carbons (Fsp3) is 0. The molecule has 94 valence electrons. The lowest BCUT2D eigenvalue weighted by Crippen LogP contribution is -1.95. The van der Waals surface area contributed by atoms with E-state index in [1.165, 1.54) is 0 Å². The van der Waals surface area contributed by atoms with Gasteiger partial charge in [0.1, 0.15) is 5.82 Å². The summed E-state index contributed by atoms with van der Waals surface area (Å²) in [5.41, 5.74) is 0.667. The van der Waals surface area contributed by atoms with Gasteiger partial charge in [0.15, 0.2) is 0 Å². The van der Waals surface area contributed by atoms with Gasteiger partial charge in [0, 0.05) is 10.7 Å². The van der Waals surface area contributed by atoms with Gasteiger partial charge in [-0.2, -0.15) is 0 Å². The first kappa shape index (κ1) is 14.4. The molecule has 2 nitrogen and oxygen atoms in total. The zero-order valence-electron chi connectivity index (χ0n) is 8.65. The number of nitrogens with zero attached hydrogens (tertiary/aromatic N) is 1. The van der Waals surface area contributed by atoms with Gasteiger partial charge in [-0.25, -0.2) is 4.98 Å². The summed E-state index contributed by atoms with van der Waals surface area (Å²) < 4.78 is 1.48. The van der Waals surface area contributed by atoms with E-state index in [9.17, 15) is 0 Å². The highest BCUT2D eigenvalue weighted by molar-refractivity contribution is 9.11. The fourth-order valence-corrected chi connectivity index (χ4v) is 2.82. The average molecular weight is 431 g/mol. The summed E-state index contributed by atoms with van der Waals surface area (Å²) in [6.07, 6.45) is 1.54. The second-order valence-electron chi connectivity index (χ2n) is 3.33. The molecule has 7 heteroatoms. The second-order valence-corrected chi connectivity index (χ2v) is 6.23. The van der Waals surface area contributed by atoms with E-state index in [4.69, 9.17) is 34.8 Å². The molecule has 1 aromatic carbocycles. The van der Waals surface area contributed by atoms with Crippen LogP contribution in [0.25, 0.3) is 0 Å². The highest BCUT2D eigenvalue weighted by atomic mass is 79.9. The Bertz CT molecular complexity index is 605. The minimum Gasteiger partial charge on any atom is -0.338 e. The van der Waals surface area contributed by atoms with Gasteiger partial charge in [0.05, 0.1) is 25.2 Å². The Labute approximate surface area is 136 Å². The average Bonchev–Trinajstić information content (AvgIpc) is 2.33. The van der Waals surface area contributed by atoms with Gasteiger partial charge in [-0.1, -0.05) is 34.8 Å². The number of nitrogens with one attached hydrogen (secondary N) is 1. The van der Waals surface area contributed by atoms with E-state index in [1.54, 1.807) is 24.4 Å². The van der Waals surface area contributed by atoms with Gasteiger partial charge >= 0.3 is 0 Å². The van der Waals surface area contributed by atoms with Crippen LogP contribution in [0.2, 0.25) is 15.1 Å². The third kappa shape index (κ3) is 3.11. The minimum absolute atomic E-state index is 0.426. The quantitative estimate of drug-likeness (QED) is 0.564. The summed E-state index contributed by atoms with van der Waals surface area (Å²) in [5.74, 6) is 0.611. The maximum atomic E-state index is 6.14. The van der Waals surface area contributed by atoms with Crippen molar-refractivity contribution in [3.8, 4) is 0 Å². The molecule has 0 aliphatic rings. The smallest absolute Gasteiger partial charge is 0.144 e. The lowest BCUT2D eigenvalue weighted by Gasteiger charge is -2.11. The third-order valence-electron chi connectivity index (χ3n) is 2.10. The fourth-order valence-electron chi connectivity index (χ4n) is 1.26. The molecule has 0 bridgehead atoms. The van der Waals surface area contributed by atoms with Gasteiger partial charge in [0.25, 0.3) is 0 Å². The van der Waals surface area contributed by atoms with Crippen molar-refractivity contribution in [3.63, 3.8) is 0 Å². The molecular formula is C11H5Br2Cl3N2. The zero-order valence-corrected chi connectivity index (χ0v) is 14.1. The summed E-state index contributed by atoms with van der Waals surface area (Å²) in [7, 11) is 0. The molecule has 2 aromatic rings. The van der Waals surface area contributed by atoms with E-state index in [1.807, 2.05) is 0 Å². The highest BCUT2D eigenvalue weighted by Crippen LogP contribution is 2.37. The van der Waals surface area contributed by atoms with Crippen molar-refractivity contribution in [1.82, 2.24) is 4.98 Å². The first-order valence-corrected chi connectivity index (χ1v) is 7.42. The van der Waals surface area contributed by atoms with Crippen molar-refractivity contribution < 1.29 is 0 Å². The standard InChI is InChI=1S/C11H5Br2Cl3N2/c12-6-1-2-8(10(16)9(6)15)18-11-7(13)3-5(14)4-17-11/h1-4H,(H,17,18). The molecule has 1 heterocycles. The second kappa shape index (κ2) is 5.97. The topological polar surface area (TPSA) is 24.9 Å². The third-order valence-corrected chi connectivity index (χ3v) is 4.68. The molecule has 0 unspecified atom stereocenters. The van der Waals surface area contributed by atoms with Gasteiger partial charge in [-0.3, -0.25) is 0 Å². The molecule has 18 heavy (non-hydrogen) atoms. The lowest BCUT2D eigenvalue weighted by atomic mass is 10.3. The number of benzene rings is 1. The molecule has 1 aromatic heterocycles. The van der Waals surface area contributed by atoms with Gasteiger partial charge in [-0.15, -0.1) is 0 Å². The number of aromatic nitrogens is 1. The first-order chi connectivity index (χ1) is 8.49. The Kier molecular flexibility index (Phi) is 4.78. The Morgan fingerprint density at radius 1 is 1.00 bits per heavy atom. The molecule has 0 amide bonds. The SMILES string of the molecule is Clc1cnc(Nc2ccc(Br)c(Cl)c2Cl)c(Br)c1. The van der Waals surface area contributed by atoms with E-state index in [-0.39, 0.29) is 0 Å². The number of hydrogen-bond acceptors (Lipinski definition) is 2. The van der Waals surface area contributed by atoms with Crippen LogP contribution < -0.4 is 5.32 Å². The number of anilines is 2. The van der Waals surface area contributed by atoms with Crippen molar-refractivity contribution in [2.45, 2.75) is 0 Å². The molecule has 1 N–H and O–H groups in total. The zero-order chi connectivity index (χ0) is 13.3. The lowest BCUT2D eigenvalue weighted by molar-refractivity contribution is 1.29. The predicted molar refractivity (Wildman–Crippen MR) is 84.4 cm³/mol.